The Morgan fingerprint density at radius 3 is 2.39 bits per heavy atom. The third-order valence-corrected chi connectivity index (χ3v) is 10.3. The lowest BCUT2D eigenvalue weighted by Gasteiger charge is -2.62. The van der Waals surface area contributed by atoms with E-state index in [9.17, 15) is 15.0 Å². The summed E-state index contributed by atoms with van der Waals surface area (Å²) >= 11 is 0. The Morgan fingerprint density at radius 1 is 1.00 bits per heavy atom. The zero-order chi connectivity index (χ0) is 20.3. The predicted molar refractivity (Wildman–Crippen MR) is 110 cm³/mol. The third kappa shape index (κ3) is 3.14. The number of aliphatic hydroxyl groups excluding tert-OH is 2. The minimum Gasteiger partial charge on any atom is -0.393 e. The van der Waals surface area contributed by atoms with Gasteiger partial charge in [-0.1, -0.05) is 20.8 Å². The Hall–Kier alpha value is -0.610. The fraction of sp³-hybridized carbons (Fsp3) is 0.958. The molecule has 4 aliphatic carbocycles. The molecule has 4 heteroatoms. The number of aliphatic hydroxyl groups is 2. The molecule has 0 heterocycles. The number of fused-ring (bicyclic) bond motifs is 5. The lowest BCUT2D eigenvalue weighted by Crippen LogP contribution is -2.58. The van der Waals surface area contributed by atoms with E-state index in [0.717, 1.165) is 32.1 Å². The van der Waals surface area contributed by atoms with Crippen molar-refractivity contribution in [3.63, 3.8) is 0 Å². The summed E-state index contributed by atoms with van der Waals surface area (Å²) in [4.78, 5) is 11.3. The van der Waals surface area contributed by atoms with Crippen LogP contribution in [0.2, 0.25) is 0 Å². The second-order valence-corrected chi connectivity index (χ2v) is 11.4. The van der Waals surface area contributed by atoms with E-state index in [4.69, 9.17) is 5.73 Å². The number of hydrogen-bond donors (Lipinski definition) is 3. The van der Waals surface area contributed by atoms with Gasteiger partial charge in [-0.3, -0.25) is 4.79 Å². The number of rotatable bonds is 4. The molecule has 0 radical (unpaired) electrons. The van der Waals surface area contributed by atoms with Crippen LogP contribution in [0.4, 0.5) is 0 Å². The van der Waals surface area contributed by atoms with Gasteiger partial charge in [0.15, 0.2) is 0 Å². The second kappa shape index (κ2) is 7.27. The highest BCUT2D eigenvalue weighted by atomic mass is 16.3. The summed E-state index contributed by atoms with van der Waals surface area (Å²) in [6, 6.07) is 0. The highest BCUT2D eigenvalue weighted by Crippen LogP contribution is 2.68. The van der Waals surface area contributed by atoms with Crippen molar-refractivity contribution in [1.82, 2.24) is 0 Å². The van der Waals surface area contributed by atoms with Gasteiger partial charge < -0.3 is 15.9 Å². The first-order chi connectivity index (χ1) is 13.2. The molecule has 4 N–H and O–H groups in total. The summed E-state index contributed by atoms with van der Waals surface area (Å²) < 4.78 is 0. The van der Waals surface area contributed by atoms with Gasteiger partial charge in [-0.05, 0) is 104 Å². The van der Waals surface area contributed by atoms with E-state index in [-0.39, 0.29) is 29.4 Å². The molecule has 4 aliphatic rings. The Bertz CT molecular complexity index is 609. The average Bonchev–Trinajstić information content (AvgIpc) is 2.99. The summed E-state index contributed by atoms with van der Waals surface area (Å²) in [6.07, 6.45) is 9.72. The molecule has 1 amide bonds. The Labute approximate surface area is 170 Å². The summed E-state index contributed by atoms with van der Waals surface area (Å²) in [5.41, 5.74) is 5.94. The van der Waals surface area contributed by atoms with Gasteiger partial charge in [-0.15, -0.1) is 0 Å². The summed E-state index contributed by atoms with van der Waals surface area (Å²) in [5, 5.41) is 21.3. The first kappa shape index (κ1) is 20.7. The smallest absolute Gasteiger partial charge is 0.217 e. The van der Waals surface area contributed by atoms with Gasteiger partial charge in [-0.25, -0.2) is 0 Å². The molecule has 0 spiro atoms. The Kier molecular flexibility index (Phi) is 5.36. The van der Waals surface area contributed by atoms with Crippen LogP contribution in [0.5, 0.6) is 0 Å². The van der Waals surface area contributed by atoms with Gasteiger partial charge in [-0.2, -0.15) is 0 Å². The van der Waals surface area contributed by atoms with Crippen molar-refractivity contribution in [2.24, 2.45) is 52.1 Å². The highest BCUT2D eigenvalue weighted by molar-refractivity contribution is 5.73. The zero-order valence-electron chi connectivity index (χ0n) is 18.1. The van der Waals surface area contributed by atoms with Crippen LogP contribution in [0.15, 0.2) is 0 Å². The fourth-order valence-corrected chi connectivity index (χ4v) is 8.82. The quantitative estimate of drug-likeness (QED) is 0.680. The summed E-state index contributed by atoms with van der Waals surface area (Å²) in [6.45, 7) is 7.26. The molecule has 0 aromatic heterocycles. The van der Waals surface area contributed by atoms with E-state index >= 15 is 0 Å². The number of carbonyl (C=O) groups is 1. The lowest BCUT2D eigenvalue weighted by atomic mass is 9.44. The van der Waals surface area contributed by atoms with Crippen LogP contribution in [-0.4, -0.2) is 28.3 Å². The van der Waals surface area contributed by atoms with E-state index in [1.807, 2.05) is 0 Å². The summed E-state index contributed by atoms with van der Waals surface area (Å²) in [5.74, 6) is 3.34. The number of carbonyl (C=O) groups excluding carboxylic acids is 1. The van der Waals surface area contributed by atoms with Crippen molar-refractivity contribution >= 4 is 5.91 Å². The normalized spacial score (nSPS) is 51.7. The minimum absolute atomic E-state index is 0.177. The summed E-state index contributed by atoms with van der Waals surface area (Å²) in [7, 11) is 0. The van der Waals surface area contributed by atoms with Gasteiger partial charge in [0.2, 0.25) is 5.91 Å². The molecule has 4 fully saturated rings. The lowest BCUT2D eigenvalue weighted by molar-refractivity contribution is -0.172. The number of amides is 1. The van der Waals surface area contributed by atoms with Crippen molar-refractivity contribution in [3.8, 4) is 0 Å². The Balaban J connectivity index is 1.55. The first-order valence-corrected chi connectivity index (χ1v) is 11.8. The zero-order valence-corrected chi connectivity index (χ0v) is 18.1. The van der Waals surface area contributed by atoms with E-state index in [2.05, 4.69) is 20.8 Å². The van der Waals surface area contributed by atoms with E-state index in [0.29, 0.717) is 41.4 Å². The molecular weight excluding hydrogens is 350 g/mol. The highest BCUT2D eigenvalue weighted by Gasteiger charge is 2.62. The van der Waals surface area contributed by atoms with Crippen molar-refractivity contribution in [1.29, 1.82) is 0 Å². The van der Waals surface area contributed by atoms with Gasteiger partial charge in [0, 0.05) is 6.42 Å². The maximum Gasteiger partial charge on any atom is 0.217 e. The average molecular weight is 392 g/mol. The van der Waals surface area contributed by atoms with Crippen molar-refractivity contribution in [2.75, 3.05) is 0 Å². The van der Waals surface area contributed by atoms with Gasteiger partial charge in [0.1, 0.15) is 0 Å². The molecule has 0 aromatic rings. The maximum absolute atomic E-state index is 11.3. The van der Waals surface area contributed by atoms with Crippen LogP contribution in [-0.2, 0) is 4.79 Å². The monoisotopic (exact) mass is 391 g/mol. The number of primary amides is 1. The fourth-order valence-electron chi connectivity index (χ4n) is 8.82. The van der Waals surface area contributed by atoms with Crippen LogP contribution in [0, 0.1) is 46.3 Å². The van der Waals surface area contributed by atoms with E-state index in [1.54, 1.807) is 0 Å². The third-order valence-electron chi connectivity index (χ3n) is 10.3. The van der Waals surface area contributed by atoms with Crippen LogP contribution in [0.25, 0.3) is 0 Å². The topological polar surface area (TPSA) is 83.6 Å². The van der Waals surface area contributed by atoms with Gasteiger partial charge in [0.25, 0.3) is 0 Å². The molecule has 160 valence electrons. The molecule has 4 nitrogen and oxygen atoms in total. The van der Waals surface area contributed by atoms with Crippen LogP contribution >= 0.6 is 0 Å². The second-order valence-electron chi connectivity index (χ2n) is 11.4. The molecule has 28 heavy (non-hydrogen) atoms. The predicted octanol–water partition coefficient (Wildman–Crippen LogP) is 3.88. The molecule has 0 bridgehead atoms. The molecule has 7 unspecified atom stereocenters. The van der Waals surface area contributed by atoms with E-state index in [1.165, 1.54) is 25.7 Å². The molecule has 4 saturated carbocycles. The SMILES string of the molecule is CC(CCC(N)=O)C1CCC2C3C[C@H](O)[C@@H]4C[C@H](O)CCC4(C)C3CCC12C. The number of hydrogen-bond acceptors (Lipinski definition) is 3. The molecular formula is C24H41NO3. The van der Waals surface area contributed by atoms with Gasteiger partial charge >= 0.3 is 0 Å². The molecule has 10 atom stereocenters. The van der Waals surface area contributed by atoms with Crippen LogP contribution in [0.3, 0.4) is 0 Å². The van der Waals surface area contributed by atoms with Crippen LogP contribution < -0.4 is 5.73 Å². The minimum atomic E-state index is -0.255. The maximum atomic E-state index is 11.3. The standard InChI is InChI=1S/C24H41NO3/c1-14(4-7-22(25)28)17-5-6-18-16-13-21(27)20-12-15(26)8-10-24(20,3)19(16)9-11-23(17,18)2/h14-21,26-27H,4-13H2,1-3H3,(H2,25,28)/t14?,15-,16?,17?,18?,19?,20+,21+,23?,24?/m1/s1. The van der Waals surface area contributed by atoms with Gasteiger partial charge in [0.05, 0.1) is 12.2 Å². The first-order valence-electron chi connectivity index (χ1n) is 11.8. The van der Waals surface area contributed by atoms with E-state index < -0.39 is 0 Å². The molecule has 0 aliphatic heterocycles. The number of nitrogens with two attached hydrogens (primary N) is 1. The van der Waals surface area contributed by atoms with Crippen molar-refractivity contribution in [2.45, 2.75) is 97.2 Å². The molecule has 4 rings (SSSR count). The van der Waals surface area contributed by atoms with Crippen molar-refractivity contribution in [3.05, 3.63) is 0 Å². The van der Waals surface area contributed by atoms with Crippen LogP contribution in [0.1, 0.15) is 85.0 Å². The van der Waals surface area contributed by atoms with Crippen molar-refractivity contribution < 1.29 is 15.0 Å². The Morgan fingerprint density at radius 2 is 1.68 bits per heavy atom. The molecule has 0 saturated heterocycles. The molecule has 0 aromatic carbocycles. The largest absolute Gasteiger partial charge is 0.393 e.